The van der Waals surface area contributed by atoms with Gasteiger partial charge in [0.25, 0.3) is 0 Å². The molecule has 0 aromatic heterocycles. The van der Waals surface area contributed by atoms with Gasteiger partial charge in [-0.15, -0.1) is 0 Å². The third-order valence-electron chi connectivity index (χ3n) is 4.68. The molecule has 2 rings (SSSR count). The lowest BCUT2D eigenvalue weighted by atomic mass is 9.89. The first-order chi connectivity index (χ1) is 8.16. The van der Waals surface area contributed by atoms with E-state index in [-0.39, 0.29) is 5.54 Å². The Kier molecular flexibility index (Phi) is 4.45. The summed E-state index contributed by atoms with van der Waals surface area (Å²) in [5.74, 6) is 0. The quantitative estimate of drug-likeness (QED) is 0.813. The molecule has 0 radical (unpaired) electrons. The number of hydrogen-bond acceptors (Lipinski definition) is 3. The van der Waals surface area contributed by atoms with Gasteiger partial charge in [-0.05, 0) is 52.6 Å². The minimum absolute atomic E-state index is 0.270. The molecule has 0 aliphatic carbocycles. The van der Waals surface area contributed by atoms with Gasteiger partial charge in [-0.25, -0.2) is 0 Å². The Morgan fingerprint density at radius 3 is 2.94 bits per heavy atom. The normalized spacial score (nSPS) is 39.7. The summed E-state index contributed by atoms with van der Waals surface area (Å²) < 4.78 is 5.78. The van der Waals surface area contributed by atoms with Gasteiger partial charge in [-0.2, -0.15) is 0 Å². The van der Waals surface area contributed by atoms with E-state index in [4.69, 9.17) is 4.74 Å². The molecule has 0 saturated carbocycles. The predicted molar refractivity (Wildman–Crippen MR) is 71.3 cm³/mol. The highest BCUT2D eigenvalue weighted by molar-refractivity contribution is 4.98. The lowest BCUT2D eigenvalue weighted by Gasteiger charge is -2.45. The molecule has 0 bridgehead atoms. The van der Waals surface area contributed by atoms with Crippen LogP contribution in [0.1, 0.15) is 46.5 Å². The van der Waals surface area contributed by atoms with Gasteiger partial charge >= 0.3 is 0 Å². The second-order valence-electron chi connectivity index (χ2n) is 5.86. The van der Waals surface area contributed by atoms with Gasteiger partial charge in [0.2, 0.25) is 0 Å². The lowest BCUT2D eigenvalue weighted by Crippen LogP contribution is -2.57. The highest BCUT2D eigenvalue weighted by atomic mass is 16.5. The Bertz CT molecular complexity index is 246. The summed E-state index contributed by atoms with van der Waals surface area (Å²) in [5, 5.41) is 3.67. The molecule has 2 saturated heterocycles. The van der Waals surface area contributed by atoms with Gasteiger partial charge in [0, 0.05) is 24.7 Å². The molecule has 3 unspecified atom stereocenters. The van der Waals surface area contributed by atoms with Gasteiger partial charge in [0.15, 0.2) is 0 Å². The third kappa shape index (κ3) is 2.83. The first-order valence-corrected chi connectivity index (χ1v) is 7.27. The van der Waals surface area contributed by atoms with Crippen LogP contribution >= 0.6 is 0 Å². The van der Waals surface area contributed by atoms with Crippen molar-refractivity contribution in [3.63, 3.8) is 0 Å². The van der Waals surface area contributed by atoms with E-state index in [0.717, 1.165) is 13.2 Å². The van der Waals surface area contributed by atoms with Crippen LogP contribution in [-0.4, -0.2) is 48.8 Å². The fourth-order valence-electron chi connectivity index (χ4n) is 3.20. The Hall–Kier alpha value is -0.120. The number of nitrogens with zero attached hydrogens (tertiary/aromatic N) is 1. The summed E-state index contributed by atoms with van der Waals surface area (Å²) in [6.07, 6.45) is 5.46. The van der Waals surface area contributed by atoms with Crippen molar-refractivity contribution in [1.29, 1.82) is 0 Å². The Morgan fingerprint density at radius 1 is 1.47 bits per heavy atom. The molecular weight excluding hydrogens is 212 g/mol. The predicted octanol–water partition coefficient (Wildman–Crippen LogP) is 2.02. The fraction of sp³-hybridized carbons (Fsp3) is 1.00. The van der Waals surface area contributed by atoms with Gasteiger partial charge in [-0.1, -0.05) is 6.92 Å². The van der Waals surface area contributed by atoms with Crippen LogP contribution in [0.25, 0.3) is 0 Å². The molecule has 0 aromatic rings. The van der Waals surface area contributed by atoms with Crippen LogP contribution in [0.2, 0.25) is 0 Å². The summed E-state index contributed by atoms with van der Waals surface area (Å²) in [6.45, 7) is 11.4. The van der Waals surface area contributed by atoms with Crippen molar-refractivity contribution in [3.8, 4) is 0 Å². The molecule has 3 heteroatoms. The van der Waals surface area contributed by atoms with Crippen LogP contribution in [0.5, 0.6) is 0 Å². The number of hydrogen-bond donors (Lipinski definition) is 1. The summed E-state index contributed by atoms with van der Waals surface area (Å²) in [7, 11) is 0. The molecule has 2 heterocycles. The van der Waals surface area contributed by atoms with E-state index in [9.17, 15) is 0 Å². The van der Waals surface area contributed by atoms with Crippen molar-refractivity contribution in [2.24, 2.45) is 0 Å². The Balaban J connectivity index is 1.92. The minimum atomic E-state index is 0.270. The van der Waals surface area contributed by atoms with E-state index >= 15 is 0 Å². The van der Waals surface area contributed by atoms with Crippen molar-refractivity contribution in [3.05, 3.63) is 0 Å². The lowest BCUT2D eigenvalue weighted by molar-refractivity contribution is 0.00330. The smallest absolute Gasteiger partial charge is 0.0728 e. The SMILES string of the molecule is CCCNC1CCCN(C2(C)CCOC2C)C1. The monoisotopic (exact) mass is 240 g/mol. The van der Waals surface area contributed by atoms with Crippen LogP contribution in [-0.2, 0) is 4.74 Å². The maximum absolute atomic E-state index is 5.78. The minimum Gasteiger partial charge on any atom is -0.377 e. The van der Waals surface area contributed by atoms with E-state index < -0.39 is 0 Å². The van der Waals surface area contributed by atoms with Crippen molar-refractivity contribution in [1.82, 2.24) is 10.2 Å². The molecule has 17 heavy (non-hydrogen) atoms. The maximum atomic E-state index is 5.78. The van der Waals surface area contributed by atoms with Crippen LogP contribution in [0, 0.1) is 0 Å². The number of ether oxygens (including phenoxy) is 1. The highest BCUT2D eigenvalue weighted by Gasteiger charge is 2.43. The average molecular weight is 240 g/mol. The molecule has 0 spiro atoms. The van der Waals surface area contributed by atoms with Crippen LogP contribution in [0.15, 0.2) is 0 Å². The van der Waals surface area contributed by atoms with Crippen molar-refractivity contribution < 1.29 is 4.74 Å². The molecule has 2 fully saturated rings. The summed E-state index contributed by atoms with van der Waals surface area (Å²) in [4.78, 5) is 2.67. The van der Waals surface area contributed by atoms with E-state index in [1.807, 2.05) is 0 Å². The number of piperidine rings is 1. The maximum Gasteiger partial charge on any atom is 0.0728 e. The fourth-order valence-corrected chi connectivity index (χ4v) is 3.20. The van der Waals surface area contributed by atoms with Crippen LogP contribution in [0.3, 0.4) is 0 Å². The molecule has 2 aliphatic rings. The van der Waals surface area contributed by atoms with E-state index in [1.54, 1.807) is 0 Å². The van der Waals surface area contributed by atoms with Gasteiger partial charge in [0.05, 0.1) is 6.10 Å². The molecule has 3 atom stereocenters. The molecule has 0 amide bonds. The van der Waals surface area contributed by atoms with E-state index in [2.05, 4.69) is 31.0 Å². The van der Waals surface area contributed by atoms with E-state index in [1.165, 1.54) is 38.8 Å². The zero-order valence-electron chi connectivity index (χ0n) is 11.7. The number of rotatable bonds is 4. The first-order valence-electron chi connectivity index (χ1n) is 7.27. The Labute approximate surface area is 106 Å². The Morgan fingerprint density at radius 2 is 2.29 bits per heavy atom. The van der Waals surface area contributed by atoms with Crippen molar-refractivity contribution >= 4 is 0 Å². The summed E-state index contributed by atoms with van der Waals surface area (Å²) in [5.41, 5.74) is 0.270. The zero-order valence-corrected chi connectivity index (χ0v) is 11.7. The van der Waals surface area contributed by atoms with Crippen LogP contribution < -0.4 is 5.32 Å². The van der Waals surface area contributed by atoms with Gasteiger partial charge in [-0.3, -0.25) is 4.90 Å². The second-order valence-corrected chi connectivity index (χ2v) is 5.86. The largest absolute Gasteiger partial charge is 0.377 e. The highest BCUT2D eigenvalue weighted by Crippen LogP contribution is 2.33. The molecule has 100 valence electrons. The van der Waals surface area contributed by atoms with Gasteiger partial charge < -0.3 is 10.1 Å². The van der Waals surface area contributed by atoms with Gasteiger partial charge in [0.1, 0.15) is 0 Å². The van der Waals surface area contributed by atoms with Crippen LogP contribution in [0.4, 0.5) is 0 Å². The molecule has 1 N–H and O–H groups in total. The van der Waals surface area contributed by atoms with Crippen molar-refractivity contribution in [2.75, 3.05) is 26.2 Å². The topological polar surface area (TPSA) is 24.5 Å². The number of likely N-dealkylation sites (tertiary alicyclic amines) is 1. The molecule has 0 aromatic carbocycles. The molecule has 2 aliphatic heterocycles. The zero-order chi connectivity index (χ0) is 12.3. The number of nitrogens with one attached hydrogen (secondary N) is 1. The van der Waals surface area contributed by atoms with E-state index in [0.29, 0.717) is 12.1 Å². The summed E-state index contributed by atoms with van der Waals surface area (Å²) >= 11 is 0. The molecule has 3 nitrogen and oxygen atoms in total. The third-order valence-corrected chi connectivity index (χ3v) is 4.68. The average Bonchev–Trinajstić information content (AvgIpc) is 2.69. The molecular formula is C14H28N2O. The summed E-state index contributed by atoms with van der Waals surface area (Å²) in [6, 6.07) is 0.688. The second kappa shape index (κ2) is 5.68. The first kappa shape index (κ1) is 13.3. The standard InChI is InChI=1S/C14H28N2O/c1-4-8-15-13-6-5-9-16(11-13)14(3)7-10-17-12(14)2/h12-13,15H,4-11H2,1-3H3. The van der Waals surface area contributed by atoms with Crippen molar-refractivity contribution in [2.45, 2.75) is 64.1 Å².